The molecule has 178 valence electrons. The molecule has 0 amide bonds. The summed E-state index contributed by atoms with van der Waals surface area (Å²) in [7, 11) is 0. The smallest absolute Gasteiger partial charge is 0.138 e. The van der Waals surface area contributed by atoms with Gasteiger partial charge >= 0.3 is 0 Å². The van der Waals surface area contributed by atoms with Crippen LogP contribution in [0.4, 0.5) is 0 Å². The Kier molecular flexibility index (Phi) is 4.46. The number of allylic oxidation sites excluding steroid dienone is 1. The summed E-state index contributed by atoms with van der Waals surface area (Å²) in [5, 5.41) is 0. The molecule has 0 N–H and O–H groups in total. The lowest BCUT2D eigenvalue weighted by Crippen LogP contribution is -2.57. The second kappa shape index (κ2) is 6.52. The second-order valence-corrected chi connectivity index (χ2v) is 14.4. The molecular formula is C30H46O2. The van der Waals surface area contributed by atoms with Crippen molar-refractivity contribution >= 4 is 5.78 Å². The highest BCUT2D eigenvalue weighted by Gasteiger charge is 2.82. The molecule has 0 aromatic heterocycles. The van der Waals surface area contributed by atoms with Crippen molar-refractivity contribution in [1.29, 1.82) is 0 Å². The molecule has 1 saturated heterocycles. The number of carbonyl (C=O) groups excluding carboxylic acids is 1. The molecular weight excluding hydrogens is 392 g/mol. The first-order chi connectivity index (χ1) is 15.0. The van der Waals surface area contributed by atoms with E-state index in [9.17, 15) is 4.79 Å². The van der Waals surface area contributed by atoms with Crippen molar-refractivity contribution in [3.8, 4) is 0 Å². The fraction of sp³-hybridized carbons (Fsp3) is 0.900. The minimum atomic E-state index is -0.0896. The Morgan fingerprint density at radius 3 is 2.38 bits per heavy atom. The van der Waals surface area contributed by atoms with Gasteiger partial charge in [0.15, 0.2) is 0 Å². The van der Waals surface area contributed by atoms with Gasteiger partial charge in [-0.25, -0.2) is 0 Å². The first-order valence-electron chi connectivity index (χ1n) is 13.8. The standard InChI is InChI=1S/C30H46O2/c1-19(2)15-21-16-20(17-32-21)22-9-11-28(6)24-8-7-23-26(3,4)25(31)10-12-29(23)18-30(24,29)14-13-27(22,28)5/h15,20-24H,7-14,16-18H2,1-6H3/t20-,21-,22+,23+,24-,27+,28-,29+,30-/m0/s1. The Labute approximate surface area is 196 Å². The lowest BCUT2D eigenvalue weighted by molar-refractivity contribution is -0.157. The summed E-state index contributed by atoms with van der Waals surface area (Å²) in [5.74, 6) is 3.65. The van der Waals surface area contributed by atoms with E-state index in [-0.39, 0.29) is 5.41 Å². The van der Waals surface area contributed by atoms with Gasteiger partial charge < -0.3 is 4.74 Å². The van der Waals surface area contributed by atoms with Gasteiger partial charge in [-0.1, -0.05) is 39.3 Å². The molecule has 0 aromatic carbocycles. The molecule has 6 aliphatic rings. The van der Waals surface area contributed by atoms with Gasteiger partial charge in [0.25, 0.3) is 0 Å². The van der Waals surface area contributed by atoms with E-state index >= 15 is 0 Å². The minimum Gasteiger partial charge on any atom is -0.374 e. The third-order valence-corrected chi connectivity index (χ3v) is 13.1. The van der Waals surface area contributed by atoms with E-state index in [0.717, 1.165) is 30.8 Å². The molecule has 32 heavy (non-hydrogen) atoms. The molecule has 6 rings (SSSR count). The van der Waals surface area contributed by atoms with Gasteiger partial charge in [-0.15, -0.1) is 0 Å². The summed E-state index contributed by atoms with van der Waals surface area (Å²) in [6.07, 6.45) is 15.8. The Hall–Kier alpha value is -0.630. The molecule has 6 fully saturated rings. The van der Waals surface area contributed by atoms with Crippen LogP contribution in [-0.2, 0) is 9.53 Å². The van der Waals surface area contributed by atoms with E-state index in [2.05, 4.69) is 47.6 Å². The number of rotatable bonds is 2. The summed E-state index contributed by atoms with van der Waals surface area (Å²) in [6, 6.07) is 0. The highest BCUT2D eigenvalue weighted by molar-refractivity contribution is 5.86. The second-order valence-electron chi connectivity index (χ2n) is 14.4. The van der Waals surface area contributed by atoms with E-state index in [1.165, 1.54) is 63.4 Å². The number of fused-ring (bicyclic) bond motifs is 2. The van der Waals surface area contributed by atoms with Crippen LogP contribution in [0, 0.1) is 50.7 Å². The molecule has 5 saturated carbocycles. The van der Waals surface area contributed by atoms with E-state index in [4.69, 9.17) is 4.74 Å². The van der Waals surface area contributed by atoms with Gasteiger partial charge in [0, 0.05) is 11.8 Å². The third kappa shape index (κ3) is 2.44. The average molecular weight is 439 g/mol. The SMILES string of the molecule is CC(C)=C[C@H]1C[C@H]([C@H]2CC[C@@]3(C)[C@@H]4CC[C@@H]5C(C)(C)C(=O)CC[C@@]56C[C@@]46CC[C@]23C)CO1. The van der Waals surface area contributed by atoms with Crippen LogP contribution in [0.15, 0.2) is 11.6 Å². The average Bonchev–Trinajstić information content (AvgIpc) is 3.02. The van der Waals surface area contributed by atoms with Gasteiger partial charge in [-0.2, -0.15) is 0 Å². The summed E-state index contributed by atoms with van der Waals surface area (Å²) < 4.78 is 6.28. The summed E-state index contributed by atoms with van der Waals surface area (Å²) in [4.78, 5) is 12.9. The number of ketones is 1. The van der Waals surface area contributed by atoms with Crippen molar-refractivity contribution in [2.75, 3.05) is 6.61 Å². The predicted octanol–water partition coefficient (Wildman–Crippen LogP) is 7.37. The topological polar surface area (TPSA) is 26.3 Å². The van der Waals surface area contributed by atoms with Crippen LogP contribution < -0.4 is 0 Å². The van der Waals surface area contributed by atoms with Crippen molar-refractivity contribution in [2.24, 2.45) is 50.7 Å². The van der Waals surface area contributed by atoms with Crippen molar-refractivity contribution in [1.82, 2.24) is 0 Å². The van der Waals surface area contributed by atoms with Gasteiger partial charge in [-0.05, 0) is 117 Å². The number of carbonyl (C=O) groups is 1. The summed E-state index contributed by atoms with van der Waals surface area (Å²) in [6.45, 7) is 15.4. The van der Waals surface area contributed by atoms with Crippen LogP contribution in [-0.4, -0.2) is 18.5 Å². The highest BCUT2D eigenvalue weighted by Crippen LogP contribution is 2.88. The summed E-state index contributed by atoms with van der Waals surface area (Å²) in [5.41, 5.74) is 3.31. The van der Waals surface area contributed by atoms with Crippen molar-refractivity contribution < 1.29 is 9.53 Å². The molecule has 1 heterocycles. The van der Waals surface area contributed by atoms with Gasteiger partial charge in [0.2, 0.25) is 0 Å². The number of Topliss-reactive ketones (excluding diaryl/α,β-unsaturated/α-hetero) is 1. The molecule has 1 aliphatic heterocycles. The van der Waals surface area contributed by atoms with E-state index in [0.29, 0.717) is 39.5 Å². The monoisotopic (exact) mass is 438 g/mol. The third-order valence-electron chi connectivity index (χ3n) is 13.1. The van der Waals surface area contributed by atoms with Gasteiger partial charge in [0.05, 0.1) is 12.7 Å². The van der Waals surface area contributed by atoms with Gasteiger partial charge in [-0.3, -0.25) is 4.79 Å². The first-order valence-corrected chi connectivity index (χ1v) is 13.8. The van der Waals surface area contributed by atoms with Crippen LogP contribution in [0.25, 0.3) is 0 Å². The quantitative estimate of drug-likeness (QED) is 0.421. The zero-order valence-corrected chi connectivity index (χ0v) is 21.6. The normalized spacial score (nSPS) is 55.4. The number of hydrogen-bond donors (Lipinski definition) is 0. The maximum atomic E-state index is 12.9. The van der Waals surface area contributed by atoms with E-state index < -0.39 is 0 Å². The molecule has 0 aromatic rings. The lowest BCUT2D eigenvalue weighted by atomic mass is 9.42. The lowest BCUT2D eigenvalue weighted by Gasteiger charge is -2.62. The molecule has 5 aliphatic carbocycles. The molecule has 2 spiro atoms. The minimum absolute atomic E-state index is 0.0896. The molecule has 9 atom stereocenters. The highest BCUT2D eigenvalue weighted by atomic mass is 16.5. The Balaban J connectivity index is 1.29. The maximum absolute atomic E-state index is 12.9. The zero-order valence-electron chi connectivity index (χ0n) is 21.6. The van der Waals surface area contributed by atoms with Gasteiger partial charge in [0.1, 0.15) is 5.78 Å². The molecule has 0 bridgehead atoms. The zero-order chi connectivity index (χ0) is 22.7. The van der Waals surface area contributed by atoms with Crippen LogP contribution in [0.1, 0.15) is 106 Å². The van der Waals surface area contributed by atoms with Crippen molar-refractivity contribution in [3.63, 3.8) is 0 Å². The molecule has 0 unspecified atom stereocenters. The first kappa shape index (κ1) is 21.9. The fourth-order valence-corrected chi connectivity index (χ4v) is 11.4. The van der Waals surface area contributed by atoms with Crippen LogP contribution >= 0.6 is 0 Å². The van der Waals surface area contributed by atoms with Crippen LogP contribution in [0.3, 0.4) is 0 Å². The predicted molar refractivity (Wildman–Crippen MR) is 129 cm³/mol. The van der Waals surface area contributed by atoms with E-state index in [1.807, 2.05) is 0 Å². The largest absolute Gasteiger partial charge is 0.374 e. The fourth-order valence-electron chi connectivity index (χ4n) is 11.4. The molecule has 0 radical (unpaired) electrons. The Morgan fingerprint density at radius 1 is 0.906 bits per heavy atom. The maximum Gasteiger partial charge on any atom is 0.138 e. The Bertz CT molecular complexity index is 866. The summed E-state index contributed by atoms with van der Waals surface area (Å²) >= 11 is 0. The number of ether oxygens (including phenoxy) is 1. The molecule has 2 heteroatoms. The molecule has 2 nitrogen and oxygen atoms in total. The van der Waals surface area contributed by atoms with Crippen molar-refractivity contribution in [3.05, 3.63) is 11.6 Å². The van der Waals surface area contributed by atoms with E-state index in [1.54, 1.807) is 0 Å². The van der Waals surface area contributed by atoms with Crippen LogP contribution in [0.2, 0.25) is 0 Å². The van der Waals surface area contributed by atoms with Crippen LogP contribution in [0.5, 0.6) is 0 Å². The Morgan fingerprint density at radius 2 is 1.62 bits per heavy atom. The van der Waals surface area contributed by atoms with Crippen molar-refractivity contribution in [2.45, 2.75) is 112 Å². The number of hydrogen-bond acceptors (Lipinski definition) is 2.